The Labute approximate surface area is 133 Å². The predicted molar refractivity (Wildman–Crippen MR) is 90.3 cm³/mol. The summed E-state index contributed by atoms with van der Waals surface area (Å²) in [6.07, 6.45) is 2.67. The van der Waals surface area contributed by atoms with Crippen molar-refractivity contribution >= 4 is 11.8 Å². The van der Waals surface area contributed by atoms with Crippen LogP contribution < -0.4 is 10.6 Å². The molecule has 0 heterocycles. The molecule has 1 aromatic rings. The smallest absolute Gasteiger partial charge is 0.407 e. The number of nitrogens with one attached hydrogen (secondary N) is 2. The van der Waals surface area contributed by atoms with Crippen molar-refractivity contribution in [3.8, 4) is 0 Å². The fourth-order valence-corrected chi connectivity index (χ4v) is 2.85. The molecule has 2 unspecified atom stereocenters. The maximum atomic E-state index is 11.8. The number of alkyl carbamates (subject to hydrolysis) is 1. The second-order valence-electron chi connectivity index (χ2n) is 7.24. The third-order valence-corrected chi connectivity index (χ3v) is 4.12. The number of benzene rings is 1. The van der Waals surface area contributed by atoms with Crippen LogP contribution in [0.1, 0.15) is 51.2 Å². The van der Waals surface area contributed by atoms with Gasteiger partial charge in [0.2, 0.25) is 0 Å². The van der Waals surface area contributed by atoms with Gasteiger partial charge in [0.1, 0.15) is 5.60 Å². The van der Waals surface area contributed by atoms with Gasteiger partial charge in [0.25, 0.3) is 0 Å². The van der Waals surface area contributed by atoms with Gasteiger partial charge < -0.3 is 15.4 Å². The molecule has 1 saturated carbocycles. The zero-order valence-electron chi connectivity index (χ0n) is 14.3. The molecule has 0 aromatic heterocycles. The molecule has 4 nitrogen and oxygen atoms in total. The molecule has 0 saturated heterocycles. The molecule has 1 aliphatic rings. The molecule has 1 aliphatic carbocycles. The van der Waals surface area contributed by atoms with E-state index >= 15 is 0 Å². The van der Waals surface area contributed by atoms with E-state index in [2.05, 4.69) is 42.7 Å². The minimum atomic E-state index is -0.445. The number of carbonyl (C=O) groups excluding carboxylic acids is 1. The summed E-state index contributed by atoms with van der Waals surface area (Å²) in [7, 11) is 0. The first-order chi connectivity index (χ1) is 10.2. The quantitative estimate of drug-likeness (QED) is 0.881. The lowest BCUT2D eigenvalue weighted by Gasteiger charge is -2.22. The highest BCUT2D eigenvalue weighted by atomic mass is 16.6. The van der Waals surface area contributed by atoms with Gasteiger partial charge in [0, 0.05) is 17.8 Å². The van der Waals surface area contributed by atoms with Crippen LogP contribution in [-0.2, 0) is 4.74 Å². The van der Waals surface area contributed by atoms with Crippen LogP contribution in [0.15, 0.2) is 18.2 Å². The molecule has 0 spiro atoms. The molecule has 4 heteroatoms. The van der Waals surface area contributed by atoms with Crippen molar-refractivity contribution in [3.63, 3.8) is 0 Å². The van der Waals surface area contributed by atoms with Gasteiger partial charge in [0.15, 0.2) is 0 Å². The number of hydrogen-bond donors (Lipinski definition) is 2. The van der Waals surface area contributed by atoms with E-state index < -0.39 is 5.60 Å². The van der Waals surface area contributed by atoms with Gasteiger partial charge in [-0.25, -0.2) is 4.79 Å². The second kappa shape index (κ2) is 6.59. The maximum absolute atomic E-state index is 11.8. The Hall–Kier alpha value is -1.71. The molecule has 1 aromatic carbocycles. The third kappa shape index (κ3) is 4.65. The fourth-order valence-electron chi connectivity index (χ4n) is 2.85. The van der Waals surface area contributed by atoms with Crippen molar-refractivity contribution in [1.82, 2.24) is 5.32 Å². The van der Waals surface area contributed by atoms with Crippen LogP contribution in [0.25, 0.3) is 0 Å². The van der Waals surface area contributed by atoms with E-state index in [0.717, 1.165) is 19.3 Å². The van der Waals surface area contributed by atoms with E-state index in [1.165, 1.54) is 16.8 Å². The minimum absolute atomic E-state index is 0.192. The van der Waals surface area contributed by atoms with Gasteiger partial charge in [-0.15, -0.1) is 0 Å². The maximum Gasteiger partial charge on any atom is 0.407 e. The Morgan fingerprint density at radius 3 is 2.55 bits per heavy atom. The van der Waals surface area contributed by atoms with Crippen molar-refractivity contribution in [2.24, 2.45) is 0 Å². The molecule has 2 atom stereocenters. The number of rotatable bonds is 3. The van der Waals surface area contributed by atoms with E-state index in [1.54, 1.807) is 0 Å². The average molecular weight is 304 g/mol. The Balaban J connectivity index is 1.85. The molecule has 122 valence electrons. The number of ether oxygens (including phenoxy) is 1. The SMILES string of the molecule is Cc1cccc(NC2CCC(NC(=O)OC(C)(C)C)C2)c1C. The highest BCUT2D eigenvalue weighted by Crippen LogP contribution is 2.26. The molecular weight excluding hydrogens is 276 g/mol. The average Bonchev–Trinajstić information content (AvgIpc) is 2.80. The van der Waals surface area contributed by atoms with Crippen LogP contribution in [-0.4, -0.2) is 23.8 Å². The minimum Gasteiger partial charge on any atom is -0.444 e. The Morgan fingerprint density at radius 1 is 1.18 bits per heavy atom. The first kappa shape index (κ1) is 16.7. The summed E-state index contributed by atoms with van der Waals surface area (Å²) in [5.74, 6) is 0. The topological polar surface area (TPSA) is 50.4 Å². The zero-order valence-corrected chi connectivity index (χ0v) is 14.3. The summed E-state index contributed by atoms with van der Waals surface area (Å²) in [4.78, 5) is 11.8. The molecule has 1 fully saturated rings. The Kier molecular flexibility index (Phi) is 4.99. The summed E-state index contributed by atoms with van der Waals surface area (Å²) in [5.41, 5.74) is 3.35. The highest BCUT2D eigenvalue weighted by molar-refractivity contribution is 5.68. The molecule has 2 rings (SSSR count). The van der Waals surface area contributed by atoms with E-state index in [1.807, 2.05) is 20.8 Å². The largest absolute Gasteiger partial charge is 0.444 e. The van der Waals surface area contributed by atoms with Crippen LogP contribution >= 0.6 is 0 Å². The van der Waals surface area contributed by atoms with E-state index in [-0.39, 0.29) is 12.1 Å². The predicted octanol–water partition coefficient (Wildman–Crippen LogP) is 4.16. The first-order valence-electron chi connectivity index (χ1n) is 8.07. The van der Waals surface area contributed by atoms with Gasteiger partial charge >= 0.3 is 6.09 Å². The lowest BCUT2D eigenvalue weighted by molar-refractivity contribution is 0.0505. The summed E-state index contributed by atoms with van der Waals surface area (Å²) in [5, 5.41) is 6.59. The standard InChI is InChI=1S/C18H28N2O2/c1-12-7-6-8-16(13(12)2)19-14-9-10-15(11-14)20-17(21)22-18(3,4)5/h6-8,14-15,19H,9-11H2,1-5H3,(H,20,21). The van der Waals surface area contributed by atoms with Crippen LogP contribution in [0.5, 0.6) is 0 Å². The summed E-state index contributed by atoms with van der Waals surface area (Å²) >= 11 is 0. The van der Waals surface area contributed by atoms with Crippen molar-refractivity contribution in [3.05, 3.63) is 29.3 Å². The summed E-state index contributed by atoms with van der Waals surface area (Å²) in [6, 6.07) is 6.92. The van der Waals surface area contributed by atoms with E-state index in [9.17, 15) is 4.79 Å². The van der Waals surface area contributed by atoms with Crippen LogP contribution in [0.2, 0.25) is 0 Å². The molecular formula is C18H28N2O2. The highest BCUT2D eigenvalue weighted by Gasteiger charge is 2.27. The van der Waals surface area contributed by atoms with Crippen molar-refractivity contribution in [2.75, 3.05) is 5.32 Å². The number of carbonyl (C=O) groups is 1. The first-order valence-corrected chi connectivity index (χ1v) is 8.07. The fraction of sp³-hybridized carbons (Fsp3) is 0.611. The van der Waals surface area contributed by atoms with Gasteiger partial charge in [-0.1, -0.05) is 12.1 Å². The number of hydrogen-bond acceptors (Lipinski definition) is 3. The zero-order chi connectivity index (χ0) is 16.3. The van der Waals surface area contributed by atoms with Gasteiger partial charge in [-0.05, 0) is 71.1 Å². The molecule has 1 amide bonds. The summed E-state index contributed by atoms with van der Waals surface area (Å²) in [6.45, 7) is 9.91. The molecule has 2 N–H and O–H groups in total. The lowest BCUT2D eigenvalue weighted by Crippen LogP contribution is -2.38. The molecule has 0 aliphatic heterocycles. The molecule has 0 radical (unpaired) electrons. The third-order valence-electron chi connectivity index (χ3n) is 4.12. The van der Waals surface area contributed by atoms with Gasteiger partial charge in [0.05, 0.1) is 0 Å². The second-order valence-corrected chi connectivity index (χ2v) is 7.24. The Bertz CT molecular complexity index is 534. The van der Waals surface area contributed by atoms with Crippen LogP contribution in [0.4, 0.5) is 10.5 Å². The van der Waals surface area contributed by atoms with Gasteiger partial charge in [-0.3, -0.25) is 0 Å². The van der Waals surface area contributed by atoms with Crippen LogP contribution in [0.3, 0.4) is 0 Å². The normalized spacial score (nSPS) is 21.5. The lowest BCUT2D eigenvalue weighted by atomic mass is 10.1. The van der Waals surface area contributed by atoms with E-state index in [0.29, 0.717) is 6.04 Å². The molecule has 22 heavy (non-hydrogen) atoms. The Morgan fingerprint density at radius 2 is 1.86 bits per heavy atom. The van der Waals surface area contributed by atoms with Crippen molar-refractivity contribution in [2.45, 2.75) is 71.6 Å². The van der Waals surface area contributed by atoms with E-state index in [4.69, 9.17) is 4.74 Å². The van der Waals surface area contributed by atoms with Crippen molar-refractivity contribution < 1.29 is 9.53 Å². The van der Waals surface area contributed by atoms with Gasteiger partial charge in [-0.2, -0.15) is 0 Å². The summed E-state index contributed by atoms with van der Waals surface area (Å²) < 4.78 is 5.32. The van der Waals surface area contributed by atoms with Crippen LogP contribution in [0, 0.1) is 13.8 Å². The number of amides is 1. The monoisotopic (exact) mass is 304 g/mol. The number of aryl methyl sites for hydroxylation is 1. The molecule has 0 bridgehead atoms. The van der Waals surface area contributed by atoms with Crippen molar-refractivity contribution in [1.29, 1.82) is 0 Å². The number of anilines is 1.